The molecule has 0 saturated carbocycles. The van der Waals surface area contributed by atoms with E-state index in [0.29, 0.717) is 32.2 Å². The van der Waals surface area contributed by atoms with Crippen LogP contribution in [0.1, 0.15) is 128 Å². The molecule has 0 fully saturated rings. The number of carbonyl (C=O) groups is 3. The summed E-state index contributed by atoms with van der Waals surface area (Å²) in [7, 11) is 0. The number of carboxylic acids is 1. The van der Waals surface area contributed by atoms with Crippen molar-refractivity contribution >= 4 is 23.9 Å². The summed E-state index contributed by atoms with van der Waals surface area (Å²) in [5.74, 6) is -1.59. The average Bonchev–Trinajstić information content (AvgIpc) is 2.83. The third kappa shape index (κ3) is 21.2. The summed E-state index contributed by atoms with van der Waals surface area (Å²) in [6, 6.07) is -1.85. The lowest BCUT2D eigenvalue weighted by Gasteiger charge is -2.17. The SMILES string of the molecule is NCCCC[C@H](N)C(=O)N[C@@H](CCC(=O)CCCCCCCCCCCCCCC[C]=O)C(=O)O. The number of hydrogen-bond acceptors (Lipinski definition) is 6. The maximum atomic E-state index is 12.1. The average molecular weight is 497 g/mol. The van der Waals surface area contributed by atoms with Crippen molar-refractivity contribution in [2.75, 3.05) is 6.54 Å². The van der Waals surface area contributed by atoms with Gasteiger partial charge < -0.3 is 21.9 Å². The topological polar surface area (TPSA) is 153 Å². The maximum absolute atomic E-state index is 12.1. The summed E-state index contributed by atoms with van der Waals surface area (Å²) in [6.07, 6.45) is 20.2. The van der Waals surface area contributed by atoms with E-state index in [1.54, 1.807) is 0 Å². The molecule has 1 amide bonds. The minimum Gasteiger partial charge on any atom is -0.480 e. The number of unbranched alkanes of at least 4 members (excludes halogenated alkanes) is 14. The van der Waals surface area contributed by atoms with Gasteiger partial charge in [0.25, 0.3) is 0 Å². The second-order valence-electron chi connectivity index (χ2n) is 9.61. The molecule has 0 saturated heterocycles. The first-order valence-corrected chi connectivity index (χ1v) is 13.8. The Morgan fingerprint density at radius 1 is 0.714 bits per heavy atom. The summed E-state index contributed by atoms with van der Waals surface area (Å²) in [6.45, 7) is 0.528. The number of hydrogen-bond donors (Lipinski definition) is 4. The van der Waals surface area contributed by atoms with Crippen LogP contribution in [0.15, 0.2) is 0 Å². The summed E-state index contributed by atoms with van der Waals surface area (Å²) in [5, 5.41) is 11.8. The Balaban J connectivity index is 3.71. The molecule has 0 aromatic rings. The van der Waals surface area contributed by atoms with Crippen LogP contribution >= 0.6 is 0 Å². The maximum Gasteiger partial charge on any atom is 0.326 e. The molecule has 1 radical (unpaired) electrons. The molecule has 0 aliphatic carbocycles. The predicted molar refractivity (Wildman–Crippen MR) is 140 cm³/mol. The summed E-state index contributed by atoms with van der Waals surface area (Å²) in [5.41, 5.74) is 11.2. The second-order valence-corrected chi connectivity index (χ2v) is 9.61. The highest BCUT2D eigenvalue weighted by atomic mass is 16.4. The van der Waals surface area contributed by atoms with Crippen molar-refractivity contribution in [1.29, 1.82) is 0 Å². The van der Waals surface area contributed by atoms with Crippen LogP contribution in [0.4, 0.5) is 0 Å². The number of Topliss-reactive ketones (excluding diaryl/α,β-unsaturated/α-hetero) is 1. The van der Waals surface area contributed by atoms with Crippen molar-refractivity contribution in [3.8, 4) is 0 Å². The molecular formula is C27H50N3O5. The Morgan fingerprint density at radius 3 is 1.71 bits per heavy atom. The number of aliphatic carboxylic acids is 1. The number of amides is 1. The van der Waals surface area contributed by atoms with Gasteiger partial charge in [-0.05, 0) is 38.6 Å². The van der Waals surface area contributed by atoms with Crippen LogP contribution in [0.2, 0.25) is 0 Å². The third-order valence-electron chi connectivity index (χ3n) is 6.37. The largest absolute Gasteiger partial charge is 0.480 e. The molecular weight excluding hydrogens is 446 g/mol. The van der Waals surface area contributed by atoms with E-state index in [0.717, 1.165) is 38.5 Å². The lowest BCUT2D eigenvalue weighted by molar-refractivity contribution is -0.142. The summed E-state index contributed by atoms with van der Waals surface area (Å²) in [4.78, 5) is 45.8. The highest BCUT2D eigenvalue weighted by Gasteiger charge is 2.23. The monoisotopic (exact) mass is 496 g/mol. The molecule has 8 nitrogen and oxygen atoms in total. The molecule has 0 aromatic heterocycles. The first-order valence-electron chi connectivity index (χ1n) is 13.8. The predicted octanol–water partition coefficient (Wildman–Crippen LogP) is 4.32. The molecule has 35 heavy (non-hydrogen) atoms. The fraction of sp³-hybridized carbons (Fsp3) is 0.852. The molecule has 0 aliphatic heterocycles. The zero-order chi connectivity index (χ0) is 26.2. The molecule has 8 heteroatoms. The highest BCUT2D eigenvalue weighted by molar-refractivity contribution is 5.87. The van der Waals surface area contributed by atoms with Gasteiger partial charge in [-0.25, -0.2) is 4.79 Å². The van der Waals surface area contributed by atoms with E-state index in [2.05, 4.69) is 5.32 Å². The van der Waals surface area contributed by atoms with Gasteiger partial charge in [-0.3, -0.25) is 14.4 Å². The normalized spacial score (nSPS) is 12.7. The van der Waals surface area contributed by atoms with E-state index in [4.69, 9.17) is 11.5 Å². The zero-order valence-corrected chi connectivity index (χ0v) is 21.7. The number of nitrogens with one attached hydrogen (secondary N) is 1. The molecule has 0 aromatic carbocycles. The van der Waals surface area contributed by atoms with Crippen molar-refractivity contribution in [3.63, 3.8) is 0 Å². The summed E-state index contributed by atoms with van der Waals surface area (Å²) < 4.78 is 0. The molecule has 0 unspecified atom stereocenters. The number of ketones is 1. The molecule has 203 valence electrons. The molecule has 0 spiro atoms. The van der Waals surface area contributed by atoms with Crippen LogP contribution < -0.4 is 16.8 Å². The third-order valence-corrected chi connectivity index (χ3v) is 6.37. The van der Waals surface area contributed by atoms with Gasteiger partial charge in [-0.15, -0.1) is 0 Å². The van der Waals surface area contributed by atoms with Crippen molar-refractivity contribution < 1.29 is 24.3 Å². The van der Waals surface area contributed by atoms with Gasteiger partial charge >= 0.3 is 5.97 Å². The van der Waals surface area contributed by atoms with Crippen LogP contribution in [0.25, 0.3) is 0 Å². The number of carboxylic acid groups (broad SMARTS) is 1. The van der Waals surface area contributed by atoms with Gasteiger partial charge in [0.05, 0.1) is 6.04 Å². The van der Waals surface area contributed by atoms with Crippen LogP contribution in [-0.2, 0) is 19.2 Å². The van der Waals surface area contributed by atoms with Gasteiger partial charge in [0, 0.05) is 19.3 Å². The van der Waals surface area contributed by atoms with Crippen molar-refractivity contribution in [2.24, 2.45) is 11.5 Å². The van der Waals surface area contributed by atoms with E-state index < -0.39 is 24.0 Å². The lowest BCUT2D eigenvalue weighted by Crippen LogP contribution is -2.48. The molecule has 0 rings (SSSR count). The van der Waals surface area contributed by atoms with Crippen LogP contribution in [0.3, 0.4) is 0 Å². The molecule has 0 aliphatic rings. The van der Waals surface area contributed by atoms with E-state index in [9.17, 15) is 24.3 Å². The molecule has 0 heterocycles. The molecule has 6 N–H and O–H groups in total. The van der Waals surface area contributed by atoms with Gasteiger partial charge in [-0.1, -0.05) is 77.0 Å². The molecule has 0 bridgehead atoms. The fourth-order valence-corrected chi connectivity index (χ4v) is 4.07. The Kier molecular flexibility index (Phi) is 22.7. The van der Waals surface area contributed by atoms with E-state index in [1.807, 2.05) is 6.29 Å². The fourth-order valence-electron chi connectivity index (χ4n) is 4.07. The van der Waals surface area contributed by atoms with Gasteiger partial charge in [-0.2, -0.15) is 0 Å². The second kappa shape index (κ2) is 23.9. The van der Waals surface area contributed by atoms with Crippen LogP contribution in [-0.4, -0.2) is 47.7 Å². The summed E-state index contributed by atoms with van der Waals surface area (Å²) >= 11 is 0. The quantitative estimate of drug-likeness (QED) is 0.130. The van der Waals surface area contributed by atoms with Crippen LogP contribution in [0, 0.1) is 0 Å². The van der Waals surface area contributed by atoms with Crippen molar-refractivity contribution in [1.82, 2.24) is 5.32 Å². The smallest absolute Gasteiger partial charge is 0.326 e. The Hall–Kier alpha value is -1.80. The lowest BCUT2D eigenvalue weighted by atomic mass is 10.0. The Morgan fingerprint density at radius 2 is 1.23 bits per heavy atom. The first-order chi connectivity index (χ1) is 16.9. The standard InChI is InChI=1S/C27H50N3O5/c28-21-15-14-18-24(29)26(33)30-25(27(34)35)20-19-23(32)17-13-11-9-7-5-3-1-2-4-6-8-10-12-16-22-31/h24-25H,1-21,28-29H2,(H,30,33)(H,34,35)/t24-,25-/m0/s1. The number of rotatable bonds is 26. The van der Waals surface area contributed by atoms with Gasteiger partial charge in [0.15, 0.2) is 6.29 Å². The van der Waals surface area contributed by atoms with E-state index in [1.165, 1.54) is 51.4 Å². The Bertz CT molecular complexity index is 571. The van der Waals surface area contributed by atoms with Crippen molar-refractivity contribution in [3.05, 3.63) is 0 Å². The van der Waals surface area contributed by atoms with E-state index >= 15 is 0 Å². The Labute approximate surface area is 212 Å². The van der Waals surface area contributed by atoms with Crippen LogP contribution in [0.5, 0.6) is 0 Å². The highest BCUT2D eigenvalue weighted by Crippen LogP contribution is 2.14. The zero-order valence-electron chi connectivity index (χ0n) is 21.7. The molecule has 2 atom stereocenters. The van der Waals surface area contributed by atoms with Gasteiger partial charge in [0.1, 0.15) is 11.8 Å². The van der Waals surface area contributed by atoms with Crippen molar-refractivity contribution in [2.45, 2.75) is 141 Å². The number of nitrogens with two attached hydrogens (primary N) is 2. The van der Waals surface area contributed by atoms with Gasteiger partial charge in [0.2, 0.25) is 5.91 Å². The first kappa shape index (κ1) is 33.2. The minimum atomic E-state index is -1.14. The minimum absolute atomic E-state index is 0.0435. The van der Waals surface area contributed by atoms with E-state index in [-0.39, 0.29) is 18.6 Å². The number of carbonyl (C=O) groups excluding carboxylic acids is 3.